The first-order valence-electron chi connectivity index (χ1n) is 7.51. The zero-order valence-corrected chi connectivity index (χ0v) is 14.4. The Morgan fingerprint density at radius 2 is 2.10 bits per heavy atom. The minimum Gasteiger partial charge on any atom is -0.364 e. The molecular formula is C16H22BrClN2. The van der Waals surface area contributed by atoms with E-state index in [0.29, 0.717) is 18.0 Å². The van der Waals surface area contributed by atoms with Gasteiger partial charge in [-0.25, -0.2) is 0 Å². The summed E-state index contributed by atoms with van der Waals surface area (Å²) in [5, 5.41) is 4.60. The molecule has 3 rings (SSSR count). The number of piperazine rings is 1. The van der Waals surface area contributed by atoms with E-state index in [1.165, 1.54) is 18.5 Å². The molecule has 20 heavy (non-hydrogen) atoms. The molecule has 1 heterocycles. The number of nitrogens with one attached hydrogen (secondary N) is 1. The van der Waals surface area contributed by atoms with Crippen molar-refractivity contribution in [2.45, 2.75) is 38.8 Å². The van der Waals surface area contributed by atoms with Gasteiger partial charge < -0.3 is 10.2 Å². The summed E-state index contributed by atoms with van der Waals surface area (Å²) in [6, 6.07) is 7.39. The highest BCUT2D eigenvalue weighted by Gasteiger charge is 2.38. The Hall–Kier alpha value is -0.250. The van der Waals surface area contributed by atoms with Gasteiger partial charge in [-0.1, -0.05) is 41.4 Å². The van der Waals surface area contributed by atoms with Crippen LogP contribution < -0.4 is 10.2 Å². The van der Waals surface area contributed by atoms with Crippen LogP contribution in [0.25, 0.3) is 0 Å². The zero-order valence-electron chi connectivity index (χ0n) is 12.1. The monoisotopic (exact) mass is 356 g/mol. The highest BCUT2D eigenvalue weighted by Crippen LogP contribution is 2.38. The summed E-state index contributed by atoms with van der Waals surface area (Å²) >= 11 is 9.98. The smallest absolute Gasteiger partial charge is 0.0650 e. The Morgan fingerprint density at radius 1 is 1.35 bits per heavy atom. The lowest BCUT2D eigenvalue weighted by atomic mass is 9.96. The summed E-state index contributed by atoms with van der Waals surface area (Å²) in [4.78, 5) is 2.53. The molecular weight excluding hydrogens is 336 g/mol. The van der Waals surface area contributed by atoms with Gasteiger partial charge in [-0.15, -0.1) is 0 Å². The summed E-state index contributed by atoms with van der Waals surface area (Å²) in [6.45, 7) is 6.73. The van der Waals surface area contributed by atoms with Crippen molar-refractivity contribution >= 4 is 33.2 Å². The van der Waals surface area contributed by atoms with Crippen LogP contribution in [0.1, 0.15) is 26.7 Å². The van der Waals surface area contributed by atoms with Gasteiger partial charge in [-0.2, -0.15) is 0 Å². The topological polar surface area (TPSA) is 15.3 Å². The van der Waals surface area contributed by atoms with E-state index in [2.05, 4.69) is 52.1 Å². The third-order valence-electron chi connectivity index (χ3n) is 4.56. The summed E-state index contributed by atoms with van der Waals surface area (Å²) < 4.78 is 1.04. The molecule has 1 N–H and O–H groups in total. The van der Waals surface area contributed by atoms with Gasteiger partial charge in [0.1, 0.15) is 0 Å². The molecule has 1 saturated heterocycles. The van der Waals surface area contributed by atoms with Crippen LogP contribution in [0.15, 0.2) is 22.7 Å². The highest BCUT2D eigenvalue weighted by atomic mass is 79.9. The second kappa shape index (κ2) is 5.86. The molecule has 2 nitrogen and oxygen atoms in total. The maximum absolute atomic E-state index is 6.48. The summed E-state index contributed by atoms with van der Waals surface area (Å²) in [6.07, 6.45) is 2.76. The van der Waals surface area contributed by atoms with Crippen molar-refractivity contribution in [3.05, 3.63) is 27.7 Å². The molecule has 2 fully saturated rings. The fraction of sp³-hybridized carbons (Fsp3) is 0.625. The number of anilines is 1. The lowest BCUT2D eigenvalue weighted by Crippen LogP contribution is -2.59. The van der Waals surface area contributed by atoms with Crippen molar-refractivity contribution in [2.24, 2.45) is 11.8 Å². The van der Waals surface area contributed by atoms with E-state index < -0.39 is 0 Å². The molecule has 0 bridgehead atoms. The van der Waals surface area contributed by atoms with Gasteiger partial charge in [-0.05, 0) is 42.9 Å². The molecule has 1 saturated carbocycles. The van der Waals surface area contributed by atoms with Crippen molar-refractivity contribution in [1.29, 1.82) is 0 Å². The summed E-state index contributed by atoms with van der Waals surface area (Å²) in [7, 11) is 0. The molecule has 1 aromatic carbocycles. The molecule has 1 aliphatic carbocycles. The van der Waals surface area contributed by atoms with Crippen LogP contribution in [0.3, 0.4) is 0 Å². The van der Waals surface area contributed by atoms with Crippen LogP contribution in [-0.4, -0.2) is 25.2 Å². The van der Waals surface area contributed by atoms with Gasteiger partial charge in [0.05, 0.1) is 10.7 Å². The maximum atomic E-state index is 6.48. The van der Waals surface area contributed by atoms with Crippen LogP contribution in [-0.2, 0) is 0 Å². The van der Waals surface area contributed by atoms with E-state index in [4.69, 9.17) is 11.6 Å². The number of nitrogens with zero attached hydrogens (tertiary/aromatic N) is 1. The van der Waals surface area contributed by atoms with Gasteiger partial charge >= 0.3 is 0 Å². The van der Waals surface area contributed by atoms with E-state index in [1.807, 2.05) is 6.07 Å². The number of hydrogen-bond donors (Lipinski definition) is 1. The molecule has 0 amide bonds. The molecule has 0 radical (unpaired) electrons. The van der Waals surface area contributed by atoms with Gasteiger partial charge in [0.25, 0.3) is 0 Å². The number of hydrogen-bond acceptors (Lipinski definition) is 2. The van der Waals surface area contributed by atoms with Crippen LogP contribution in [0.5, 0.6) is 0 Å². The number of benzene rings is 1. The molecule has 1 aromatic rings. The minimum atomic E-state index is 0.517. The van der Waals surface area contributed by atoms with Crippen LogP contribution in [0.4, 0.5) is 5.69 Å². The lowest BCUT2D eigenvalue weighted by Gasteiger charge is -2.44. The molecule has 1 aliphatic heterocycles. The second-order valence-corrected chi connectivity index (χ2v) is 7.73. The Kier molecular flexibility index (Phi) is 4.30. The molecule has 0 spiro atoms. The zero-order chi connectivity index (χ0) is 14.3. The number of halogens is 2. The Bertz CT molecular complexity index is 487. The first-order chi connectivity index (χ1) is 9.56. The predicted octanol–water partition coefficient (Wildman–Crippen LogP) is 4.32. The maximum Gasteiger partial charge on any atom is 0.0650 e. The van der Waals surface area contributed by atoms with Crippen LogP contribution in [0.2, 0.25) is 5.02 Å². The highest BCUT2D eigenvalue weighted by molar-refractivity contribution is 9.10. The van der Waals surface area contributed by atoms with Gasteiger partial charge in [0.15, 0.2) is 0 Å². The Labute approximate surface area is 135 Å². The molecule has 0 aromatic heterocycles. The largest absolute Gasteiger partial charge is 0.364 e. The van der Waals surface area contributed by atoms with E-state index in [1.54, 1.807) is 0 Å². The third kappa shape index (κ3) is 3.00. The van der Waals surface area contributed by atoms with Gasteiger partial charge in [0.2, 0.25) is 0 Å². The molecule has 2 aliphatic rings. The molecule has 2 atom stereocenters. The van der Waals surface area contributed by atoms with Crippen LogP contribution in [0, 0.1) is 11.8 Å². The van der Waals surface area contributed by atoms with Crippen LogP contribution >= 0.6 is 27.5 Å². The van der Waals surface area contributed by atoms with E-state index in [-0.39, 0.29) is 0 Å². The van der Waals surface area contributed by atoms with Crippen molar-refractivity contribution in [2.75, 3.05) is 18.0 Å². The first kappa shape index (κ1) is 14.7. The third-order valence-corrected chi connectivity index (χ3v) is 5.36. The van der Waals surface area contributed by atoms with Crippen molar-refractivity contribution in [3.8, 4) is 0 Å². The summed E-state index contributed by atoms with van der Waals surface area (Å²) in [5.41, 5.74) is 1.18. The predicted molar refractivity (Wildman–Crippen MR) is 89.6 cm³/mol. The molecule has 4 heteroatoms. The van der Waals surface area contributed by atoms with Crippen molar-refractivity contribution < 1.29 is 0 Å². The first-order valence-corrected chi connectivity index (χ1v) is 8.68. The lowest BCUT2D eigenvalue weighted by molar-refractivity contribution is 0.320. The quantitative estimate of drug-likeness (QED) is 0.867. The second-order valence-electron chi connectivity index (χ2n) is 6.41. The van der Waals surface area contributed by atoms with Gasteiger partial charge in [-0.3, -0.25) is 0 Å². The van der Waals surface area contributed by atoms with E-state index in [0.717, 1.165) is 28.5 Å². The Morgan fingerprint density at radius 3 is 2.70 bits per heavy atom. The van der Waals surface area contributed by atoms with E-state index in [9.17, 15) is 0 Å². The van der Waals surface area contributed by atoms with E-state index >= 15 is 0 Å². The van der Waals surface area contributed by atoms with Crippen molar-refractivity contribution in [1.82, 2.24) is 5.32 Å². The fourth-order valence-corrected chi connectivity index (χ4v) is 3.98. The fourth-order valence-electron chi connectivity index (χ4n) is 3.20. The minimum absolute atomic E-state index is 0.517. The molecule has 110 valence electrons. The summed E-state index contributed by atoms with van der Waals surface area (Å²) in [5.74, 6) is 1.49. The average Bonchev–Trinajstić information content (AvgIpc) is 3.22. The van der Waals surface area contributed by atoms with Gasteiger partial charge in [0, 0.05) is 29.6 Å². The normalized spacial score (nSPS) is 27.1. The molecule has 2 unspecified atom stereocenters. The SMILES string of the molecule is CC(C)C1CNC(C2CC2)CN1c1ccc(Br)cc1Cl. The van der Waals surface area contributed by atoms with Crippen molar-refractivity contribution in [3.63, 3.8) is 0 Å². The Balaban J connectivity index is 1.87. The standard InChI is InChI=1S/C16H22BrClN2/c1-10(2)16-8-19-14(11-3-4-11)9-20(16)15-6-5-12(17)7-13(15)18/h5-7,10-11,14,16,19H,3-4,8-9H2,1-2H3. The number of rotatable bonds is 3. The average molecular weight is 358 g/mol.